The molecule has 0 aliphatic rings. The van der Waals surface area contributed by atoms with E-state index in [0.717, 1.165) is 29.7 Å². The molecule has 0 aliphatic heterocycles. The van der Waals surface area contributed by atoms with Crippen LogP contribution in [0.25, 0.3) is 11.1 Å². The van der Waals surface area contributed by atoms with E-state index in [1.807, 2.05) is 25.1 Å². The normalized spacial score (nSPS) is 10.9. The van der Waals surface area contributed by atoms with E-state index in [1.165, 1.54) is 0 Å². The number of hydrogen-bond acceptors (Lipinski definition) is 1. The number of benzene rings is 2. The number of nitrogens with one attached hydrogen (secondary N) is 1. The smallest absolute Gasteiger partial charge is 0.166 e. The van der Waals surface area contributed by atoms with Crippen molar-refractivity contribution >= 4 is 0 Å². The van der Waals surface area contributed by atoms with Crippen LogP contribution >= 0.6 is 0 Å². The summed E-state index contributed by atoms with van der Waals surface area (Å²) in [6, 6.07) is 9.17. The minimum Gasteiger partial charge on any atom is -0.313 e. The topological polar surface area (TPSA) is 12.0 Å². The zero-order valence-corrected chi connectivity index (χ0v) is 12.8. The Balaban J connectivity index is 2.47. The first-order valence-corrected chi connectivity index (χ1v) is 7.29. The van der Waals surface area contributed by atoms with Crippen molar-refractivity contribution in [2.45, 2.75) is 33.7 Å². The summed E-state index contributed by atoms with van der Waals surface area (Å²) in [5.74, 6) is -1.53. The van der Waals surface area contributed by atoms with Crippen LogP contribution in [0.4, 0.5) is 8.78 Å². The van der Waals surface area contributed by atoms with Crippen LogP contribution in [0.2, 0.25) is 0 Å². The minimum atomic E-state index is -0.766. The van der Waals surface area contributed by atoms with Gasteiger partial charge in [0.05, 0.1) is 0 Å². The van der Waals surface area contributed by atoms with Gasteiger partial charge in [-0.15, -0.1) is 0 Å². The maximum Gasteiger partial charge on any atom is 0.166 e. The van der Waals surface area contributed by atoms with Crippen molar-refractivity contribution in [3.63, 3.8) is 0 Å². The monoisotopic (exact) mass is 289 g/mol. The Kier molecular flexibility index (Phi) is 5.07. The Morgan fingerprint density at radius 3 is 2.43 bits per heavy atom. The summed E-state index contributed by atoms with van der Waals surface area (Å²) in [4.78, 5) is 0. The molecule has 0 amide bonds. The summed E-state index contributed by atoms with van der Waals surface area (Å²) in [6.45, 7) is 7.17. The highest BCUT2D eigenvalue weighted by Gasteiger charge is 2.15. The molecular formula is C18H21F2N. The molecule has 3 heteroatoms. The van der Waals surface area contributed by atoms with Crippen LogP contribution in [0.3, 0.4) is 0 Å². The zero-order chi connectivity index (χ0) is 15.4. The first-order chi connectivity index (χ1) is 10.0. The van der Waals surface area contributed by atoms with Crippen molar-refractivity contribution in [1.82, 2.24) is 5.32 Å². The lowest BCUT2D eigenvalue weighted by Crippen LogP contribution is -2.14. The Morgan fingerprint density at radius 2 is 1.71 bits per heavy atom. The molecule has 112 valence electrons. The third-order valence-corrected chi connectivity index (χ3v) is 3.57. The molecule has 0 atom stereocenters. The fourth-order valence-electron chi connectivity index (χ4n) is 2.35. The molecule has 0 unspecified atom stereocenters. The van der Waals surface area contributed by atoms with Crippen LogP contribution in [0.1, 0.15) is 30.0 Å². The van der Waals surface area contributed by atoms with Crippen molar-refractivity contribution in [1.29, 1.82) is 0 Å². The second-order valence-electron chi connectivity index (χ2n) is 5.40. The molecule has 0 saturated carbocycles. The summed E-state index contributed by atoms with van der Waals surface area (Å²) in [6.07, 6.45) is 1.04. The molecule has 2 aromatic rings. The lowest BCUT2D eigenvalue weighted by Gasteiger charge is -2.13. The average molecular weight is 289 g/mol. The number of halogens is 2. The molecule has 2 rings (SSSR count). The van der Waals surface area contributed by atoms with E-state index in [2.05, 4.69) is 12.2 Å². The molecule has 0 heterocycles. The van der Waals surface area contributed by atoms with Gasteiger partial charge < -0.3 is 5.32 Å². The van der Waals surface area contributed by atoms with E-state index in [9.17, 15) is 8.78 Å². The van der Waals surface area contributed by atoms with E-state index in [0.29, 0.717) is 17.7 Å². The first kappa shape index (κ1) is 15.6. The van der Waals surface area contributed by atoms with E-state index >= 15 is 0 Å². The predicted octanol–water partition coefficient (Wildman–Crippen LogP) is 4.75. The van der Waals surface area contributed by atoms with Crippen molar-refractivity contribution in [3.8, 4) is 11.1 Å². The van der Waals surface area contributed by atoms with Gasteiger partial charge in [0, 0.05) is 12.1 Å². The van der Waals surface area contributed by atoms with Gasteiger partial charge in [0.2, 0.25) is 0 Å². The molecule has 0 aliphatic carbocycles. The summed E-state index contributed by atoms with van der Waals surface area (Å²) < 4.78 is 28.1. The summed E-state index contributed by atoms with van der Waals surface area (Å²) in [7, 11) is 0. The molecule has 2 aromatic carbocycles. The second-order valence-corrected chi connectivity index (χ2v) is 5.40. The van der Waals surface area contributed by atoms with Crippen LogP contribution in [0, 0.1) is 25.5 Å². The van der Waals surface area contributed by atoms with Gasteiger partial charge in [0.1, 0.15) is 0 Å². The summed E-state index contributed by atoms with van der Waals surface area (Å²) in [5, 5.41) is 3.31. The molecule has 1 nitrogen and oxygen atoms in total. The van der Waals surface area contributed by atoms with Crippen LogP contribution in [-0.2, 0) is 6.54 Å². The fraction of sp³-hybridized carbons (Fsp3) is 0.333. The van der Waals surface area contributed by atoms with Crippen molar-refractivity contribution in [2.75, 3.05) is 6.54 Å². The average Bonchev–Trinajstić information content (AvgIpc) is 2.47. The lowest BCUT2D eigenvalue weighted by atomic mass is 9.96. The van der Waals surface area contributed by atoms with Crippen molar-refractivity contribution in [3.05, 3.63) is 58.7 Å². The van der Waals surface area contributed by atoms with Gasteiger partial charge in [-0.25, -0.2) is 8.78 Å². The molecule has 0 spiro atoms. The lowest BCUT2D eigenvalue weighted by molar-refractivity contribution is 0.505. The van der Waals surface area contributed by atoms with Crippen LogP contribution in [0.15, 0.2) is 30.3 Å². The van der Waals surface area contributed by atoms with Crippen molar-refractivity contribution in [2.24, 2.45) is 0 Å². The third kappa shape index (κ3) is 3.48. The molecular weight excluding hydrogens is 268 g/mol. The van der Waals surface area contributed by atoms with Gasteiger partial charge in [0.15, 0.2) is 11.6 Å². The summed E-state index contributed by atoms with van der Waals surface area (Å²) in [5.41, 5.74) is 3.43. The minimum absolute atomic E-state index is 0.328. The van der Waals surface area contributed by atoms with Crippen LogP contribution in [-0.4, -0.2) is 6.54 Å². The maximum absolute atomic E-state index is 14.3. The van der Waals surface area contributed by atoms with Gasteiger partial charge in [-0.05, 0) is 43.5 Å². The van der Waals surface area contributed by atoms with E-state index in [1.54, 1.807) is 19.1 Å². The van der Waals surface area contributed by atoms with E-state index < -0.39 is 11.6 Å². The highest BCUT2D eigenvalue weighted by Crippen LogP contribution is 2.30. The zero-order valence-electron chi connectivity index (χ0n) is 12.8. The molecule has 0 radical (unpaired) electrons. The van der Waals surface area contributed by atoms with Gasteiger partial charge >= 0.3 is 0 Å². The Bertz CT molecular complexity index is 635. The van der Waals surface area contributed by atoms with Gasteiger partial charge in [-0.2, -0.15) is 0 Å². The Hall–Kier alpha value is -1.74. The number of aryl methyl sites for hydroxylation is 2. The highest BCUT2D eigenvalue weighted by atomic mass is 19.2. The molecule has 0 fully saturated rings. The quantitative estimate of drug-likeness (QED) is 0.783. The predicted molar refractivity (Wildman–Crippen MR) is 83.3 cm³/mol. The van der Waals surface area contributed by atoms with Gasteiger partial charge in [-0.1, -0.05) is 42.8 Å². The largest absolute Gasteiger partial charge is 0.313 e. The second kappa shape index (κ2) is 6.81. The van der Waals surface area contributed by atoms with Gasteiger partial charge in [0.25, 0.3) is 0 Å². The first-order valence-electron chi connectivity index (χ1n) is 7.29. The van der Waals surface area contributed by atoms with Gasteiger partial charge in [-0.3, -0.25) is 0 Å². The Morgan fingerprint density at radius 1 is 0.952 bits per heavy atom. The van der Waals surface area contributed by atoms with E-state index in [4.69, 9.17) is 0 Å². The Labute approximate surface area is 125 Å². The van der Waals surface area contributed by atoms with Crippen LogP contribution in [0.5, 0.6) is 0 Å². The molecule has 0 saturated heterocycles. The highest BCUT2D eigenvalue weighted by molar-refractivity contribution is 5.69. The fourth-order valence-corrected chi connectivity index (χ4v) is 2.35. The SMILES string of the molecule is CCCNCc1ccc(C)cc1-c1ccc(C)c(F)c1F. The van der Waals surface area contributed by atoms with Crippen LogP contribution < -0.4 is 5.32 Å². The van der Waals surface area contributed by atoms with Crippen molar-refractivity contribution < 1.29 is 8.78 Å². The summed E-state index contributed by atoms with van der Waals surface area (Å²) >= 11 is 0. The van der Waals surface area contributed by atoms with E-state index in [-0.39, 0.29) is 0 Å². The molecule has 21 heavy (non-hydrogen) atoms. The number of rotatable bonds is 5. The molecule has 0 aromatic heterocycles. The third-order valence-electron chi connectivity index (χ3n) is 3.57. The molecule has 0 bridgehead atoms. The standard InChI is InChI=1S/C18H21F2N/c1-4-9-21-11-14-7-5-12(2)10-16(14)15-8-6-13(3)17(19)18(15)20/h5-8,10,21H,4,9,11H2,1-3H3. The maximum atomic E-state index is 14.3. The number of hydrogen-bond donors (Lipinski definition) is 1. The molecule has 1 N–H and O–H groups in total.